The summed E-state index contributed by atoms with van der Waals surface area (Å²) in [6, 6.07) is 16.8. The molecule has 2 aromatic rings. The van der Waals surface area contributed by atoms with E-state index >= 15 is 0 Å². The molecule has 1 aliphatic rings. The quantitative estimate of drug-likeness (QED) is 0.773. The lowest BCUT2D eigenvalue weighted by Crippen LogP contribution is -2.39. The first-order valence-electron chi connectivity index (χ1n) is 7.43. The average molecular weight is 373 g/mol. The monoisotopic (exact) mass is 372 g/mol. The maximum Gasteiger partial charge on any atom is 0.251 e. The van der Waals surface area contributed by atoms with Crippen LogP contribution in [-0.2, 0) is 16.1 Å². The first-order valence-corrected chi connectivity index (χ1v) is 8.22. The van der Waals surface area contributed by atoms with Crippen LogP contribution in [0.5, 0.6) is 0 Å². The van der Waals surface area contributed by atoms with Gasteiger partial charge in [-0.3, -0.25) is 14.5 Å². The van der Waals surface area contributed by atoms with Crippen molar-refractivity contribution in [3.63, 3.8) is 0 Å². The smallest absolute Gasteiger partial charge is 0.251 e. The molecular formula is C18H17BrN2O2. The molecule has 23 heavy (non-hydrogen) atoms. The summed E-state index contributed by atoms with van der Waals surface area (Å²) in [5.74, 6) is -0.315. The van der Waals surface area contributed by atoms with Crippen molar-refractivity contribution in [3.8, 4) is 0 Å². The van der Waals surface area contributed by atoms with Gasteiger partial charge in [-0.2, -0.15) is 0 Å². The molecule has 1 unspecified atom stereocenters. The van der Waals surface area contributed by atoms with Gasteiger partial charge in [0.25, 0.3) is 5.91 Å². The summed E-state index contributed by atoms with van der Waals surface area (Å²) in [7, 11) is 1.88. The second kappa shape index (κ2) is 6.64. The Morgan fingerprint density at radius 3 is 2.57 bits per heavy atom. The minimum absolute atomic E-state index is 0.155. The first kappa shape index (κ1) is 15.9. The Morgan fingerprint density at radius 2 is 1.87 bits per heavy atom. The van der Waals surface area contributed by atoms with Gasteiger partial charge in [-0.05, 0) is 30.8 Å². The molecule has 5 heteroatoms. The number of imide groups is 1. The van der Waals surface area contributed by atoms with Crippen LogP contribution in [0.2, 0.25) is 0 Å². The molecule has 0 radical (unpaired) electrons. The summed E-state index contributed by atoms with van der Waals surface area (Å²) in [6.45, 7) is 0.636. The Hall–Kier alpha value is -1.98. The van der Waals surface area contributed by atoms with Crippen LogP contribution in [0.25, 0.3) is 0 Å². The SMILES string of the molecule is CN(Cc1ccccc1)C1CC(=O)N(c2cccc(Br)c2)C1=O. The zero-order valence-corrected chi connectivity index (χ0v) is 14.4. The maximum absolute atomic E-state index is 12.7. The second-order valence-corrected chi connectivity index (χ2v) is 6.58. The molecule has 1 heterocycles. The lowest BCUT2D eigenvalue weighted by Gasteiger charge is -2.23. The highest BCUT2D eigenvalue weighted by Crippen LogP contribution is 2.27. The zero-order valence-electron chi connectivity index (χ0n) is 12.8. The van der Waals surface area contributed by atoms with Gasteiger partial charge in [0.15, 0.2) is 0 Å². The third kappa shape index (κ3) is 3.35. The van der Waals surface area contributed by atoms with Gasteiger partial charge in [-0.15, -0.1) is 0 Å². The largest absolute Gasteiger partial charge is 0.290 e. The zero-order chi connectivity index (χ0) is 16.4. The molecule has 1 fully saturated rings. The van der Waals surface area contributed by atoms with E-state index in [0.717, 1.165) is 10.0 Å². The van der Waals surface area contributed by atoms with Gasteiger partial charge in [-0.25, -0.2) is 4.90 Å². The van der Waals surface area contributed by atoms with Crippen molar-refractivity contribution in [2.45, 2.75) is 19.0 Å². The van der Waals surface area contributed by atoms with Crippen LogP contribution in [0.1, 0.15) is 12.0 Å². The van der Waals surface area contributed by atoms with E-state index < -0.39 is 6.04 Å². The minimum Gasteiger partial charge on any atom is -0.290 e. The van der Waals surface area contributed by atoms with Gasteiger partial charge >= 0.3 is 0 Å². The summed E-state index contributed by atoms with van der Waals surface area (Å²) in [6.07, 6.45) is 0.217. The summed E-state index contributed by atoms with van der Waals surface area (Å²) in [4.78, 5) is 28.3. The number of nitrogens with zero attached hydrogens (tertiary/aromatic N) is 2. The first-order chi connectivity index (χ1) is 11.1. The van der Waals surface area contributed by atoms with Gasteiger partial charge in [0, 0.05) is 11.0 Å². The predicted octanol–water partition coefficient (Wildman–Crippen LogP) is 3.21. The lowest BCUT2D eigenvalue weighted by atomic mass is 10.1. The molecule has 2 aromatic carbocycles. The third-order valence-corrected chi connectivity index (χ3v) is 4.49. The third-order valence-electron chi connectivity index (χ3n) is 4.00. The van der Waals surface area contributed by atoms with E-state index in [1.807, 2.05) is 54.4 Å². The second-order valence-electron chi connectivity index (χ2n) is 5.67. The summed E-state index contributed by atoms with van der Waals surface area (Å²) >= 11 is 3.38. The molecule has 0 aliphatic carbocycles. The van der Waals surface area contributed by atoms with Crippen molar-refractivity contribution in [1.29, 1.82) is 0 Å². The number of rotatable bonds is 4. The van der Waals surface area contributed by atoms with Crippen molar-refractivity contribution < 1.29 is 9.59 Å². The summed E-state index contributed by atoms with van der Waals surface area (Å²) in [5, 5.41) is 0. The molecule has 1 aliphatic heterocycles. The maximum atomic E-state index is 12.7. The Kier molecular flexibility index (Phi) is 4.59. The molecule has 1 atom stereocenters. The Balaban J connectivity index is 1.78. The van der Waals surface area contributed by atoms with E-state index in [4.69, 9.17) is 0 Å². The van der Waals surface area contributed by atoms with Crippen LogP contribution in [0.15, 0.2) is 59.1 Å². The fraction of sp³-hybridized carbons (Fsp3) is 0.222. The Morgan fingerprint density at radius 1 is 1.13 bits per heavy atom. The van der Waals surface area contributed by atoms with Gasteiger partial charge in [0.2, 0.25) is 5.91 Å². The van der Waals surface area contributed by atoms with Gasteiger partial charge in [0.1, 0.15) is 0 Å². The molecule has 0 aromatic heterocycles. The Bertz CT molecular complexity index is 733. The predicted molar refractivity (Wildman–Crippen MR) is 92.9 cm³/mol. The number of carbonyl (C=O) groups is 2. The lowest BCUT2D eigenvalue weighted by molar-refractivity contribution is -0.122. The number of likely N-dealkylation sites (N-methyl/N-ethyl adjacent to an activating group) is 1. The molecule has 2 amide bonds. The van der Waals surface area contributed by atoms with E-state index in [2.05, 4.69) is 15.9 Å². The number of carbonyl (C=O) groups excluding carboxylic acids is 2. The minimum atomic E-state index is -0.415. The average Bonchev–Trinajstić information content (AvgIpc) is 2.83. The van der Waals surface area contributed by atoms with Crippen LogP contribution < -0.4 is 4.90 Å². The fourth-order valence-corrected chi connectivity index (χ4v) is 3.22. The topological polar surface area (TPSA) is 40.6 Å². The summed E-state index contributed by atoms with van der Waals surface area (Å²) < 4.78 is 0.844. The number of anilines is 1. The highest BCUT2D eigenvalue weighted by molar-refractivity contribution is 9.10. The number of hydrogen-bond donors (Lipinski definition) is 0. The van der Waals surface area contributed by atoms with Crippen molar-refractivity contribution >= 4 is 33.4 Å². The Labute approximate surface area is 143 Å². The van der Waals surface area contributed by atoms with Gasteiger partial charge in [0.05, 0.1) is 18.2 Å². The molecular weight excluding hydrogens is 356 g/mol. The molecule has 118 valence electrons. The number of hydrogen-bond acceptors (Lipinski definition) is 3. The van der Waals surface area contributed by atoms with Crippen LogP contribution in [0, 0.1) is 0 Å². The van der Waals surface area contributed by atoms with Crippen molar-refractivity contribution in [1.82, 2.24) is 4.90 Å². The van der Waals surface area contributed by atoms with Crippen LogP contribution in [0.3, 0.4) is 0 Å². The fourth-order valence-electron chi connectivity index (χ4n) is 2.83. The van der Waals surface area contributed by atoms with E-state index in [0.29, 0.717) is 12.2 Å². The molecule has 4 nitrogen and oxygen atoms in total. The number of halogens is 1. The highest BCUT2D eigenvalue weighted by Gasteiger charge is 2.41. The highest BCUT2D eigenvalue weighted by atomic mass is 79.9. The van der Waals surface area contributed by atoms with Crippen molar-refractivity contribution in [2.75, 3.05) is 11.9 Å². The van der Waals surface area contributed by atoms with E-state index in [9.17, 15) is 9.59 Å². The number of benzene rings is 2. The molecule has 0 saturated carbocycles. The van der Waals surface area contributed by atoms with Gasteiger partial charge < -0.3 is 0 Å². The van der Waals surface area contributed by atoms with Crippen LogP contribution in [-0.4, -0.2) is 29.8 Å². The molecule has 3 rings (SSSR count). The summed E-state index contributed by atoms with van der Waals surface area (Å²) in [5.41, 5.74) is 1.74. The van der Waals surface area contributed by atoms with E-state index in [1.165, 1.54) is 4.90 Å². The van der Waals surface area contributed by atoms with Gasteiger partial charge in [-0.1, -0.05) is 52.3 Å². The van der Waals surface area contributed by atoms with E-state index in [-0.39, 0.29) is 18.2 Å². The molecule has 0 N–H and O–H groups in total. The van der Waals surface area contributed by atoms with Crippen LogP contribution >= 0.6 is 15.9 Å². The molecule has 0 spiro atoms. The van der Waals surface area contributed by atoms with Crippen LogP contribution in [0.4, 0.5) is 5.69 Å². The molecule has 1 saturated heterocycles. The molecule has 0 bridgehead atoms. The standard InChI is InChI=1S/C18H17BrN2O2/c1-20(12-13-6-3-2-4-7-13)16-11-17(22)21(18(16)23)15-9-5-8-14(19)10-15/h2-10,16H,11-12H2,1H3. The van der Waals surface area contributed by atoms with Crippen molar-refractivity contribution in [2.24, 2.45) is 0 Å². The normalized spacial score (nSPS) is 18.0. The van der Waals surface area contributed by atoms with E-state index in [1.54, 1.807) is 12.1 Å². The van der Waals surface area contributed by atoms with Crippen molar-refractivity contribution in [3.05, 3.63) is 64.6 Å². The number of amides is 2.